The lowest BCUT2D eigenvalue weighted by molar-refractivity contribution is 0.271. The molecule has 0 aromatic heterocycles. The van der Waals surface area contributed by atoms with Gasteiger partial charge in [-0.2, -0.15) is 5.11 Å². The van der Waals surface area contributed by atoms with E-state index < -0.39 is 0 Å². The highest BCUT2D eigenvalue weighted by Gasteiger charge is 2.22. The van der Waals surface area contributed by atoms with E-state index >= 15 is 0 Å². The van der Waals surface area contributed by atoms with Gasteiger partial charge in [-0.15, -0.1) is 0 Å². The van der Waals surface area contributed by atoms with Gasteiger partial charge in [0.1, 0.15) is 0 Å². The fourth-order valence-electron chi connectivity index (χ4n) is 1.32. The Morgan fingerprint density at radius 2 is 2.20 bits per heavy atom. The van der Waals surface area contributed by atoms with E-state index in [1.54, 1.807) is 0 Å². The molecule has 0 spiro atoms. The Bertz CT molecular complexity index is 131. The third kappa shape index (κ3) is 1.46. The average molecular weight is 141 g/mol. The van der Waals surface area contributed by atoms with Gasteiger partial charge in [-0.05, 0) is 11.8 Å². The summed E-state index contributed by atoms with van der Waals surface area (Å²) >= 11 is 0. The maximum Gasteiger partial charge on any atom is 0.0666 e. The third-order valence-corrected chi connectivity index (χ3v) is 1.98. The Morgan fingerprint density at radius 3 is 2.60 bits per heavy atom. The van der Waals surface area contributed by atoms with Crippen LogP contribution in [0.2, 0.25) is 0 Å². The van der Waals surface area contributed by atoms with Crippen molar-refractivity contribution < 1.29 is 0 Å². The molecule has 0 aromatic rings. The monoisotopic (exact) mass is 141 g/mol. The summed E-state index contributed by atoms with van der Waals surface area (Å²) in [6.45, 7) is 7.48. The van der Waals surface area contributed by atoms with E-state index in [0.717, 1.165) is 6.54 Å². The second kappa shape index (κ2) is 2.99. The van der Waals surface area contributed by atoms with Crippen molar-refractivity contribution in [3.05, 3.63) is 0 Å². The van der Waals surface area contributed by atoms with Gasteiger partial charge in [0, 0.05) is 0 Å². The molecular formula is C7H15N3. The van der Waals surface area contributed by atoms with Crippen molar-refractivity contribution in [3.63, 3.8) is 0 Å². The van der Waals surface area contributed by atoms with Crippen LogP contribution in [0.4, 0.5) is 0 Å². The van der Waals surface area contributed by atoms with Crippen LogP contribution < -0.4 is 5.43 Å². The van der Waals surface area contributed by atoms with E-state index in [1.807, 2.05) is 0 Å². The van der Waals surface area contributed by atoms with E-state index in [-0.39, 0.29) is 0 Å². The van der Waals surface area contributed by atoms with E-state index in [2.05, 4.69) is 36.5 Å². The van der Waals surface area contributed by atoms with Crippen LogP contribution in [0.15, 0.2) is 10.3 Å². The van der Waals surface area contributed by atoms with Crippen LogP contribution in [0.5, 0.6) is 0 Å². The first-order valence-corrected chi connectivity index (χ1v) is 3.84. The molecule has 2 unspecified atom stereocenters. The second-order valence-corrected chi connectivity index (χ2v) is 3.30. The standard InChI is InChI=1S/C7H15N3/c1-5(2)7-6(3)4-8-10-9-7/h5-7H,4H2,1-3H3,(H,8,9). The maximum absolute atomic E-state index is 3.90. The highest BCUT2D eigenvalue weighted by Crippen LogP contribution is 2.15. The van der Waals surface area contributed by atoms with E-state index in [0.29, 0.717) is 17.9 Å². The van der Waals surface area contributed by atoms with E-state index in [9.17, 15) is 0 Å². The normalized spacial score (nSPS) is 32.4. The van der Waals surface area contributed by atoms with Gasteiger partial charge in [0.2, 0.25) is 0 Å². The molecule has 58 valence electrons. The Hall–Kier alpha value is -0.600. The fraction of sp³-hybridized carbons (Fsp3) is 1.00. The van der Waals surface area contributed by atoms with Crippen molar-refractivity contribution in [3.8, 4) is 0 Å². The SMILES string of the molecule is CC(C)C1NN=NCC1C. The molecule has 0 fully saturated rings. The first-order chi connectivity index (χ1) is 4.72. The largest absolute Gasteiger partial charge is 0.288 e. The van der Waals surface area contributed by atoms with Gasteiger partial charge in [0.15, 0.2) is 0 Å². The predicted octanol–water partition coefficient (Wildman–Crippen LogP) is 1.62. The lowest BCUT2D eigenvalue weighted by Gasteiger charge is -2.27. The summed E-state index contributed by atoms with van der Waals surface area (Å²) in [6, 6.07) is 0.512. The first-order valence-electron chi connectivity index (χ1n) is 3.84. The minimum Gasteiger partial charge on any atom is -0.288 e. The Balaban J connectivity index is 2.51. The van der Waals surface area contributed by atoms with Gasteiger partial charge in [0.25, 0.3) is 0 Å². The number of rotatable bonds is 1. The molecule has 0 bridgehead atoms. The van der Waals surface area contributed by atoms with Gasteiger partial charge in [-0.3, -0.25) is 5.43 Å². The highest BCUT2D eigenvalue weighted by molar-refractivity contribution is 4.77. The van der Waals surface area contributed by atoms with Crippen LogP contribution in [0, 0.1) is 11.8 Å². The van der Waals surface area contributed by atoms with Gasteiger partial charge in [0.05, 0.1) is 12.6 Å². The molecule has 3 nitrogen and oxygen atoms in total. The minimum absolute atomic E-state index is 0.512. The molecular weight excluding hydrogens is 126 g/mol. The zero-order valence-corrected chi connectivity index (χ0v) is 6.83. The summed E-state index contributed by atoms with van der Waals surface area (Å²) in [7, 11) is 0. The number of hydrogen-bond acceptors (Lipinski definition) is 3. The molecule has 10 heavy (non-hydrogen) atoms. The quantitative estimate of drug-likeness (QED) is 0.592. The number of hydrogen-bond donors (Lipinski definition) is 1. The molecule has 0 radical (unpaired) electrons. The molecule has 2 atom stereocenters. The van der Waals surface area contributed by atoms with Crippen molar-refractivity contribution in [2.45, 2.75) is 26.8 Å². The van der Waals surface area contributed by atoms with Gasteiger partial charge >= 0.3 is 0 Å². The average Bonchev–Trinajstić information content (AvgIpc) is 1.88. The number of nitrogens with one attached hydrogen (secondary N) is 1. The fourth-order valence-corrected chi connectivity index (χ4v) is 1.32. The molecule has 1 rings (SSSR count). The van der Waals surface area contributed by atoms with Gasteiger partial charge < -0.3 is 0 Å². The van der Waals surface area contributed by atoms with Gasteiger partial charge in [-0.1, -0.05) is 26.0 Å². The van der Waals surface area contributed by atoms with Crippen LogP contribution >= 0.6 is 0 Å². The topological polar surface area (TPSA) is 36.8 Å². The summed E-state index contributed by atoms with van der Waals surface area (Å²) in [5.74, 6) is 1.27. The molecule has 1 aliphatic heterocycles. The van der Waals surface area contributed by atoms with Crippen molar-refractivity contribution in [1.29, 1.82) is 0 Å². The summed E-state index contributed by atoms with van der Waals surface area (Å²) < 4.78 is 0. The highest BCUT2D eigenvalue weighted by atomic mass is 15.4. The van der Waals surface area contributed by atoms with Crippen molar-refractivity contribution in [2.24, 2.45) is 22.2 Å². The molecule has 0 aliphatic carbocycles. The Morgan fingerprint density at radius 1 is 1.50 bits per heavy atom. The molecule has 0 amide bonds. The smallest absolute Gasteiger partial charge is 0.0666 e. The molecule has 3 heteroatoms. The second-order valence-electron chi connectivity index (χ2n) is 3.30. The lowest BCUT2D eigenvalue weighted by Crippen LogP contribution is -2.39. The van der Waals surface area contributed by atoms with Crippen LogP contribution in [0.1, 0.15) is 20.8 Å². The van der Waals surface area contributed by atoms with E-state index in [1.165, 1.54) is 0 Å². The Kier molecular flexibility index (Phi) is 2.25. The van der Waals surface area contributed by atoms with E-state index in [4.69, 9.17) is 0 Å². The summed E-state index contributed by atoms with van der Waals surface area (Å²) in [4.78, 5) is 0. The lowest BCUT2D eigenvalue weighted by atomic mass is 9.92. The zero-order chi connectivity index (χ0) is 7.56. The van der Waals surface area contributed by atoms with Crippen molar-refractivity contribution in [2.75, 3.05) is 6.54 Å². The molecule has 1 aliphatic rings. The van der Waals surface area contributed by atoms with Crippen LogP contribution in [0.3, 0.4) is 0 Å². The van der Waals surface area contributed by atoms with Crippen molar-refractivity contribution >= 4 is 0 Å². The summed E-state index contributed by atoms with van der Waals surface area (Å²) in [6.07, 6.45) is 0. The number of nitrogens with zero attached hydrogens (tertiary/aromatic N) is 2. The minimum atomic E-state index is 0.512. The Labute approximate surface area is 61.9 Å². The van der Waals surface area contributed by atoms with Crippen LogP contribution in [0.25, 0.3) is 0 Å². The molecule has 1 N–H and O–H groups in total. The molecule has 0 aromatic carbocycles. The predicted molar refractivity (Wildman–Crippen MR) is 40.6 cm³/mol. The maximum atomic E-state index is 3.90. The summed E-state index contributed by atoms with van der Waals surface area (Å²) in [5.41, 5.74) is 3.03. The van der Waals surface area contributed by atoms with Crippen molar-refractivity contribution in [1.82, 2.24) is 5.43 Å². The van der Waals surface area contributed by atoms with Crippen LogP contribution in [-0.2, 0) is 0 Å². The zero-order valence-electron chi connectivity index (χ0n) is 6.83. The molecule has 0 saturated carbocycles. The third-order valence-electron chi connectivity index (χ3n) is 1.98. The van der Waals surface area contributed by atoms with Crippen LogP contribution in [-0.4, -0.2) is 12.6 Å². The summed E-state index contributed by atoms with van der Waals surface area (Å²) in [5, 5.41) is 7.71. The first kappa shape index (κ1) is 7.51. The van der Waals surface area contributed by atoms with Gasteiger partial charge in [-0.25, -0.2) is 0 Å². The molecule has 1 heterocycles. The molecule has 0 saturated heterocycles.